The minimum Gasteiger partial charge on any atom is -0.591 e. The standard InChI is InChI=1S/C19H21NO2S2/c1-19(2,3)24(21)20-13-14-9-5-6-10-15(14)16-11-7-8-12-17(16)18(23)22-4/h5-13H,1-4H3. The van der Waals surface area contributed by atoms with Crippen LogP contribution in [0.3, 0.4) is 0 Å². The van der Waals surface area contributed by atoms with E-state index in [0.29, 0.717) is 5.05 Å². The van der Waals surface area contributed by atoms with Gasteiger partial charge in [0.15, 0.2) is 5.05 Å². The van der Waals surface area contributed by atoms with Gasteiger partial charge in [-0.2, -0.15) is 0 Å². The average Bonchev–Trinajstić information content (AvgIpc) is 2.58. The first kappa shape index (κ1) is 18.6. The topological polar surface area (TPSA) is 44.6 Å². The SMILES string of the molecule is COC(=S)c1ccccc1-c1ccccc1C=N[S+]([O-])C(C)(C)C. The van der Waals surface area contributed by atoms with E-state index in [1.807, 2.05) is 69.3 Å². The monoisotopic (exact) mass is 359 g/mol. The predicted octanol–water partition coefficient (Wildman–Crippen LogP) is 4.56. The van der Waals surface area contributed by atoms with Crippen LogP contribution in [0.25, 0.3) is 11.1 Å². The molecule has 0 bridgehead atoms. The molecule has 0 radical (unpaired) electrons. The summed E-state index contributed by atoms with van der Waals surface area (Å²) in [4.78, 5) is 0. The van der Waals surface area contributed by atoms with Gasteiger partial charge >= 0.3 is 0 Å². The van der Waals surface area contributed by atoms with E-state index in [9.17, 15) is 4.55 Å². The van der Waals surface area contributed by atoms with Gasteiger partial charge in [0, 0.05) is 11.1 Å². The molecule has 0 aliphatic rings. The normalized spacial score (nSPS) is 13.0. The van der Waals surface area contributed by atoms with Crippen molar-refractivity contribution in [1.29, 1.82) is 0 Å². The van der Waals surface area contributed by atoms with Crippen LogP contribution in [-0.4, -0.2) is 27.7 Å². The average molecular weight is 360 g/mol. The molecule has 0 amide bonds. The number of ether oxygens (including phenoxy) is 1. The van der Waals surface area contributed by atoms with Gasteiger partial charge in [0.2, 0.25) is 0 Å². The molecule has 0 N–H and O–H groups in total. The second kappa shape index (κ2) is 7.92. The van der Waals surface area contributed by atoms with Gasteiger partial charge in [-0.1, -0.05) is 46.9 Å². The summed E-state index contributed by atoms with van der Waals surface area (Å²) in [5.41, 5.74) is 3.68. The molecule has 0 aliphatic carbocycles. The van der Waals surface area contributed by atoms with Crippen LogP contribution in [0.15, 0.2) is 52.9 Å². The zero-order valence-electron chi connectivity index (χ0n) is 14.3. The Morgan fingerprint density at radius 1 is 1.08 bits per heavy atom. The first-order valence-corrected chi connectivity index (χ1v) is 9.09. The van der Waals surface area contributed by atoms with E-state index in [4.69, 9.17) is 17.0 Å². The molecule has 0 saturated carbocycles. The Labute approximate surface area is 152 Å². The van der Waals surface area contributed by atoms with Crippen molar-refractivity contribution in [3.05, 3.63) is 59.7 Å². The van der Waals surface area contributed by atoms with Gasteiger partial charge in [0.25, 0.3) is 0 Å². The predicted molar refractivity (Wildman–Crippen MR) is 106 cm³/mol. The molecule has 0 saturated heterocycles. The van der Waals surface area contributed by atoms with Crippen LogP contribution in [0, 0.1) is 0 Å². The van der Waals surface area contributed by atoms with Crippen LogP contribution >= 0.6 is 12.2 Å². The van der Waals surface area contributed by atoms with Crippen molar-refractivity contribution in [2.75, 3.05) is 7.11 Å². The molecule has 126 valence electrons. The Hall–Kier alpha value is -1.69. The van der Waals surface area contributed by atoms with Gasteiger partial charge in [-0.25, -0.2) is 0 Å². The number of methoxy groups -OCH3 is 1. The van der Waals surface area contributed by atoms with Crippen molar-refractivity contribution in [1.82, 2.24) is 0 Å². The Morgan fingerprint density at radius 3 is 2.29 bits per heavy atom. The molecule has 0 fully saturated rings. The van der Waals surface area contributed by atoms with Crippen molar-refractivity contribution >= 4 is 34.8 Å². The number of nitrogens with zero attached hydrogens (tertiary/aromatic N) is 1. The summed E-state index contributed by atoms with van der Waals surface area (Å²) in [7, 11) is 1.57. The highest BCUT2D eigenvalue weighted by Crippen LogP contribution is 2.27. The van der Waals surface area contributed by atoms with Crippen LogP contribution < -0.4 is 0 Å². The van der Waals surface area contributed by atoms with E-state index >= 15 is 0 Å². The molecule has 0 aromatic heterocycles. The molecule has 1 atom stereocenters. The molecule has 2 aromatic carbocycles. The number of rotatable bonds is 4. The highest BCUT2D eigenvalue weighted by atomic mass is 32.2. The molecule has 2 rings (SSSR count). The van der Waals surface area contributed by atoms with Crippen molar-refractivity contribution in [2.45, 2.75) is 25.5 Å². The van der Waals surface area contributed by atoms with Gasteiger partial charge in [-0.05, 0) is 50.2 Å². The van der Waals surface area contributed by atoms with Crippen LogP contribution in [0.2, 0.25) is 0 Å². The molecular formula is C19H21NO2S2. The summed E-state index contributed by atoms with van der Waals surface area (Å²) >= 11 is 4.00. The molecule has 0 spiro atoms. The maximum atomic E-state index is 12.2. The van der Waals surface area contributed by atoms with Crippen LogP contribution in [0.1, 0.15) is 31.9 Å². The first-order chi connectivity index (χ1) is 11.3. The molecule has 5 heteroatoms. The fraction of sp³-hybridized carbons (Fsp3) is 0.263. The summed E-state index contributed by atoms with van der Waals surface area (Å²) in [5.74, 6) is 0. The van der Waals surface area contributed by atoms with E-state index in [1.54, 1.807) is 13.3 Å². The van der Waals surface area contributed by atoms with Gasteiger partial charge in [-0.15, -0.1) is 0 Å². The number of hydrogen-bond donors (Lipinski definition) is 0. The lowest BCUT2D eigenvalue weighted by Gasteiger charge is -2.18. The zero-order valence-corrected chi connectivity index (χ0v) is 15.9. The van der Waals surface area contributed by atoms with Crippen LogP contribution in [0.4, 0.5) is 0 Å². The maximum absolute atomic E-state index is 12.2. The summed E-state index contributed by atoms with van der Waals surface area (Å²) in [6.45, 7) is 5.70. The largest absolute Gasteiger partial charge is 0.591 e. The Bertz CT molecular complexity index is 751. The van der Waals surface area contributed by atoms with Crippen LogP contribution in [0.5, 0.6) is 0 Å². The van der Waals surface area contributed by atoms with E-state index in [-0.39, 0.29) is 4.75 Å². The molecule has 3 nitrogen and oxygen atoms in total. The quantitative estimate of drug-likeness (QED) is 0.457. The molecular weight excluding hydrogens is 338 g/mol. The summed E-state index contributed by atoms with van der Waals surface area (Å²) in [6, 6.07) is 15.6. The minimum absolute atomic E-state index is 0.388. The third-order valence-corrected chi connectivity index (χ3v) is 5.13. The first-order valence-electron chi connectivity index (χ1n) is 7.57. The van der Waals surface area contributed by atoms with Crippen molar-refractivity contribution in [2.24, 2.45) is 4.40 Å². The van der Waals surface area contributed by atoms with E-state index in [0.717, 1.165) is 22.3 Å². The summed E-state index contributed by atoms with van der Waals surface area (Å²) < 4.78 is 21.3. The molecule has 24 heavy (non-hydrogen) atoms. The Kier molecular flexibility index (Phi) is 6.15. The van der Waals surface area contributed by atoms with Crippen LogP contribution in [-0.2, 0) is 16.1 Å². The maximum Gasteiger partial charge on any atom is 0.191 e. The highest BCUT2D eigenvalue weighted by molar-refractivity contribution is 7.91. The molecule has 2 aromatic rings. The minimum atomic E-state index is -1.30. The lowest BCUT2D eigenvalue weighted by molar-refractivity contribution is 0.416. The zero-order chi connectivity index (χ0) is 17.7. The van der Waals surface area contributed by atoms with Gasteiger partial charge in [0.05, 0.1) is 13.3 Å². The molecule has 0 aliphatic heterocycles. The van der Waals surface area contributed by atoms with Crippen molar-refractivity contribution in [3.8, 4) is 11.1 Å². The van der Waals surface area contributed by atoms with E-state index < -0.39 is 11.4 Å². The number of thiocarbonyl (C=S) groups is 1. The fourth-order valence-corrected chi connectivity index (χ4v) is 2.83. The second-order valence-corrected chi connectivity index (χ2v) is 8.53. The molecule has 0 heterocycles. The summed E-state index contributed by atoms with van der Waals surface area (Å²) in [5, 5.41) is 0.440. The van der Waals surface area contributed by atoms with E-state index in [1.165, 1.54) is 0 Å². The lowest BCUT2D eigenvalue weighted by atomic mass is 9.96. The highest BCUT2D eigenvalue weighted by Gasteiger charge is 2.26. The third-order valence-electron chi connectivity index (χ3n) is 3.39. The smallest absolute Gasteiger partial charge is 0.191 e. The Morgan fingerprint density at radius 2 is 1.67 bits per heavy atom. The van der Waals surface area contributed by atoms with Crippen molar-refractivity contribution in [3.63, 3.8) is 0 Å². The molecule has 1 unspecified atom stereocenters. The lowest BCUT2D eigenvalue weighted by Crippen LogP contribution is -2.25. The summed E-state index contributed by atoms with van der Waals surface area (Å²) in [6.07, 6.45) is 1.67. The van der Waals surface area contributed by atoms with E-state index in [2.05, 4.69) is 4.40 Å². The number of benzene rings is 2. The van der Waals surface area contributed by atoms with Gasteiger partial charge < -0.3 is 9.29 Å². The third kappa shape index (κ3) is 4.44. The van der Waals surface area contributed by atoms with Gasteiger partial charge in [0.1, 0.15) is 16.1 Å². The van der Waals surface area contributed by atoms with Gasteiger partial charge in [-0.3, -0.25) is 0 Å². The second-order valence-electron chi connectivity index (χ2n) is 6.22. The fourth-order valence-electron chi connectivity index (χ4n) is 2.12. The Balaban J connectivity index is 2.48. The van der Waals surface area contributed by atoms with Crippen molar-refractivity contribution < 1.29 is 9.29 Å². The number of hydrogen-bond acceptors (Lipinski definition) is 4.